The molecule has 0 unspecified atom stereocenters. The molecule has 1 fully saturated rings. The largest absolute Gasteiger partial charge is 0.573 e. The van der Waals surface area contributed by atoms with Gasteiger partial charge in [0, 0.05) is 72.5 Å². The number of ether oxygens (including phenoxy) is 1. The average molecular weight is 606 g/mol. The fourth-order valence-electron chi connectivity index (χ4n) is 5.14. The molecule has 1 aliphatic heterocycles. The second-order valence-electron chi connectivity index (χ2n) is 10.1. The molecule has 0 saturated carbocycles. The number of carbonyl (C=O) groups excluding carboxylic acids is 2. The molecule has 44 heavy (non-hydrogen) atoms. The summed E-state index contributed by atoms with van der Waals surface area (Å²) in [6.45, 7) is 1.59. The van der Waals surface area contributed by atoms with Gasteiger partial charge in [-0.05, 0) is 48.0 Å². The number of benzene rings is 2. The second-order valence-corrected chi connectivity index (χ2v) is 10.1. The molecule has 0 atom stereocenters. The summed E-state index contributed by atoms with van der Waals surface area (Å²) in [6.07, 6.45) is 0.519. The van der Waals surface area contributed by atoms with Crippen LogP contribution in [0.4, 0.5) is 23.2 Å². The molecule has 13 heteroatoms. The van der Waals surface area contributed by atoms with Crippen molar-refractivity contribution in [2.45, 2.75) is 6.36 Å². The number of fused-ring (bicyclic) bond motifs is 1. The minimum atomic E-state index is -4.81. The molecular weight excluding hydrogens is 582 g/mol. The Bertz CT molecular complexity index is 1870. The van der Waals surface area contributed by atoms with Crippen LogP contribution < -0.4 is 15.4 Å². The Hall–Kier alpha value is -5.46. The van der Waals surface area contributed by atoms with E-state index in [-0.39, 0.29) is 22.6 Å². The summed E-state index contributed by atoms with van der Waals surface area (Å²) in [4.78, 5) is 36.9. The van der Waals surface area contributed by atoms with Gasteiger partial charge in [0.1, 0.15) is 11.3 Å². The fraction of sp³-hybridized carbons (Fsp3) is 0.161. The number of furan rings is 1. The van der Waals surface area contributed by atoms with E-state index in [4.69, 9.17) is 10.2 Å². The van der Waals surface area contributed by atoms with Crippen LogP contribution in [0.1, 0.15) is 20.9 Å². The summed E-state index contributed by atoms with van der Waals surface area (Å²) in [5.41, 5.74) is 8.29. The number of nitrogens with two attached hydrogens (primary N) is 1. The molecule has 2 amide bonds. The molecule has 0 spiro atoms. The molecule has 6 rings (SSSR count). The van der Waals surface area contributed by atoms with E-state index in [1.165, 1.54) is 42.9 Å². The van der Waals surface area contributed by atoms with Crippen LogP contribution in [0.5, 0.6) is 5.75 Å². The van der Waals surface area contributed by atoms with E-state index in [0.29, 0.717) is 48.5 Å². The van der Waals surface area contributed by atoms with Crippen LogP contribution in [0.3, 0.4) is 0 Å². The van der Waals surface area contributed by atoms with Gasteiger partial charge in [-0.25, -0.2) is 4.39 Å². The molecular formula is C31H23F4N5O4. The van der Waals surface area contributed by atoms with Crippen molar-refractivity contribution in [3.05, 3.63) is 96.5 Å². The number of halogens is 4. The molecule has 4 heterocycles. The molecule has 1 saturated heterocycles. The van der Waals surface area contributed by atoms with Crippen LogP contribution in [0, 0.1) is 5.82 Å². The lowest BCUT2D eigenvalue weighted by atomic mass is 9.98. The highest BCUT2D eigenvalue weighted by Crippen LogP contribution is 2.32. The molecule has 5 aromatic rings. The lowest BCUT2D eigenvalue weighted by molar-refractivity contribution is -0.274. The number of carbonyl (C=O) groups is 2. The summed E-state index contributed by atoms with van der Waals surface area (Å²) in [6, 6.07) is 14.0. The van der Waals surface area contributed by atoms with Gasteiger partial charge >= 0.3 is 6.36 Å². The van der Waals surface area contributed by atoms with Gasteiger partial charge in [-0.3, -0.25) is 19.6 Å². The smallest absolute Gasteiger partial charge is 0.451 e. The van der Waals surface area contributed by atoms with Crippen molar-refractivity contribution in [2.75, 3.05) is 31.1 Å². The van der Waals surface area contributed by atoms with E-state index in [1.807, 2.05) is 12.1 Å². The Labute approximate surface area is 247 Å². The maximum Gasteiger partial charge on any atom is 0.573 e. The van der Waals surface area contributed by atoms with Crippen LogP contribution >= 0.6 is 0 Å². The molecule has 1 aliphatic rings. The van der Waals surface area contributed by atoms with E-state index in [1.54, 1.807) is 23.1 Å². The highest BCUT2D eigenvalue weighted by Gasteiger charge is 2.31. The van der Waals surface area contributed by atoms with Crippen molar-refractivity contribution in [3.8, 4) is 28.0 Å². The summed E-state index contributed by atoms with van der Waals surface area (Å²) in [7, 11) is 0. The summed E-state index contributed by atoms with van der Waals surface area (Å²) < 4.78 is 62.2. The van der Waals surface area contributed by atoms with Crippen LogP contribution in [0.15, 0.2) is 83.8 Å². The SMILES string of the molecule is NC(=O)c1cc2cc(N3CCN(C(=O)c4c(F)cncc4-c4cncc(-c5ccc(OC(F)(F)F)cc5)c4)CC3)ccc2o1. The van der Waals surface area contributed by atoms with Gasteiger partial charge in [-0.1, -0.05) is 12.1 Å². The van der Waals surface area contributed by atoms with E-state index >= 15 is 4.39 Å². The Balaban J connectivity index is 1.20. The highest BCUT2D eigenvalue weighted by atomic mass is 19.4. The number of amides is 2. The Morgan fingerprint density at radius 2 is 1.55 bits per heavy atom. The third-order valence-corrected chi connectivity index (χ3v) is 7.26. The van der Waals surface area contributed by atoms with E-state index < -0.39 is 24.0 Å². The first-order valence-corrected chi connectivity index (χ1v) is 13.4. The predicted molar refractivity (Wildman–Crippen MR) is 152 cm³/mol. The summed E-state index contributed by atoms with van der Waals surface area (Å²) in [5, 5.41) is 0.722. The molecule has 0 aliphatic carbocycles. The Morgan fingerprint density at radius 3 is 2.25 bits per heavy atom. The van der Waals surface area contributed by atoms with Crippen molar-refractivity contribution in [2.24, 2.45) is 5.73 Å². The molecule has 0 bridgehead atoms. The number of pyridine rings is 2. The van der Waals surface area contributed by atoms with Crippen molar-refractivity contribution in [1.82, 2.24) is 14.9 Å². The van der Waals surface area contributed by atoms with Crippen LogP contribution in [0.2, 0.25) is 0 Å². The van der Waals surface area contributed by atoms with Gasteiger partial charge < -0.3 is 24.7 Å². The summed E-state index contributed by atoms with van der Waals surface area (Å²) in [5.74, 6) is -2.25. The molecule has 2 aromatic carbocycles. The molecule has 224 valence electrons. The van der Waals surface area contributed by atoms with Crippen molar-refractivity contribution < 1.29 is 36.3 Å². The fourth-order valence-corrected chi connectivity index (χ4v) is 5.14. The predicted octanol–water partition coefficient (Wildman–Crippen LogP) is 5.66. The number of rotatable bonds is 6. The monoisotopic (exact) mass is 605 g/mol. The summed E-state index contributed by atoms with van der Waals surface area (Å²) >= 11 is 0. The second kappa shape index (κ2) is 11.3. The van der Waals surface area contributed by atoms with E-state index in [0.717, 1.165) is 17.3 Å². The van der Waals surface area contributed by atoms with Crippen molar-refractivity contribution in [3.63, 3.8) is 0 Å². The molecule has 3 aromatic heterocycles. The highest BCUT2D eigenvalue weighted by molar-refractivity contribution is 6.01. The van der Waals surface area contributed by atoms with Gasteiger partial charge in [0.2, 0.25) is 0 Å². The number of hydrogen-bond acceptors (Lipinski definition) is 7. The van der Waals surface area contributed by atoms with Gasteiger partial charge in [-0.2, -0.15) is 0 Å². The van der Waals surface area contributed by atoms with Crippen LogP contribution in [0.25, 0.3) is 33.2 Å². The zero-order chi connectivity index (χ0) is 31.0. The number of anilines is 1. The van der Waals surface area contributed by atoms with E-state index in [2.05, 4.69) is 19.6 Å². The topological polar surface area (TPSA) is 115 Å². The molecule has 2 N–H and O–H groups in total. The normalized spacial score (nSPS) is 13.7. The lowest BCUT2D eigenvalue weighted by Gasteiger charge is -2.36. The zero-order valence-electron chi connectivity index (χ0n) is 22.8. The maximum atomic E-state index is 15.2. The van der Waals surface area contributed by atoms with Gasteiger partial charge in [0.15, 0.2) is 11.6 Å². The minimum Gasteiger partial charge on any atom is -0.451 e. The average Bonchev–Trinajstić information content (AvgIpc) is 3.45. The standard InChI is InChI=1S/C31H23F4N5O4/c32-25-17-38-16-24(21-11-20(14-37-15-21)18-1-4-23(5-2-18)44-31(33,34)35)28(25)30(42)40-9-7-39(8-10-40)22-3-6-26-19(12-22)13-27(43-26)29(36)41/h1-6,11-17H,7-10H2,(H2,36,41). The van der Waals surface area contributed by atoms with Crippen LogP contribution in [-0.2, 0) is 0 Å². The third kappa shape index (κ3) is 5.89. The van der Waals surface area contributed by atoms with Crippen molar-refractivity contribution >= 4 is 28.5 Å². The van der Waals surface area contributed by atoms with Crippen LogP contribution in [-0.4, -0.2) is 59.2 Å². The number of aromatic nitrogens is 2. The maximum absolute atomic E-state index is 15.2. The zero-order valence-corrected chi connectivity index (χ0v) is 22.8. The van der Waals surface area contributed by atoms with Crippen molar-refractivity contribution in [1.29, 1.82) is 0 Å². The Kier molecular flexibility index (Phi) is 7.37. The first-order valence-electron chi connectivity index (χ1n) is 13.4. The number of piperazine rings is 1. The third-order valence-electron chi connectivity index (χ3n) is 7.26. The first kappa shape index (κ1) is 28.6. The Morgan fingerprint density at radius 1 is 0.841 bits per heavy atom. The quantitative estimate of drug-likeness (QED) is 0.249. The number of nitrogens with zero attached hydrogens (tertiary/aromatic N) is 4. The van der Waals surface area contributed by atoms with Gasteiger partial charge in [-0.15, -0.1) is 13.2 Å². The number of hydrogen-bond donors (Lipinski definition) is 1. The minimum absolute atomic E-state index is 0.0666. The number of alkyl halides is 3. The van der Waals surface area contributed by atoms with Gasteiger partial charge in [0.25, 0.3) is 11.8 Å². The van der Waals surface area contributed by atoms with E-state index in [9.17, 15) is 22.8 Å². The first-order chi connectivity index (χ1) is 21.1. The number of primary amides is 1. The lowest BCUT2D eigenvalue weighted by Crippen LogP contribution is -2.49. The molecule has 0 radical (unpaired) electrons. The molecule has 9 nitrogen and oxygen atoms in total. The van der Waals surface area contributed by atoms with Gasteiger partial charge in [0.05, 0.1) is 11.8 Å².